The number of carbonyl (C=O) groups is 1. The van der Waals surface area contributed by atoms with E-state index in [1.54, 1.807) is 6.20 Å². The highest BCUT2D eigenvalue weighted by molar-refractivity contribution is 6.02. The van der Waals surface area contributed by atoms with Gasteiger partial charge in [0.1, 0.15) is 0 Å². The van der Waals surface area contributed by atoms with E-state index in [2.05, 4.69) is 40.2 Å². The smallest absolute Gasteiger partial charge is 0.182 e. The van der Waals surface area contributed by atoms with Crippen LogP contribution in [0.25, 0.3) is 17.0 Å². The molecule has 0 bridgehead atoms. The number of Topliss-reactive ketones (excluding diaryl/α,β-unsaturated/α-hetero) is 1. The number of aromatic nitrogens is 1. The minimum Gasteiger partial charge on any atom is -0.358 e. The van der Waals surface area contributed by atoms with Gasteiger partial charge in [0.15, 0.2) is 5.78 Å². The topological polar surface area (TPSA) is 33.2 Å². The van der Waals surface area contributed by atoms with Crippen LogP contribution in [0.4, 0.5) is 5.69 Å². The second-order valence-corrected chi connectivity index (χ2v) is 5.65. The van der Waals surface area contributed by atoms with Crippen LogP contribution in [-0.4, -0.2) is 23.9 Å². The predicted molar refractivity (Wildman–Crippen MR) is 93.8 cm³/mol. The SMILES string of the molecule is O=C(CN1CC=Cc2ccc3cccnc3c21)c1ccccc1. The van der Waals surface area contributed by atoms with Crippen LogP contribution in [-0.2, 0) is 0 Å². The molecule has 1 aromatic heterocycles. The van der Waals surface area contributed by atoms with Crippen LogP contribution < -0.4 is 4.90 Å². The van der Waals surface area contributed by atoms with Gasteiger partial charge in [0.05, 0.1) is 17.7 Å². The summed E-state index contributed by atoms with van der Waals surface area (Å²) in [5.74, 6) is 0.125. The highest BCUT2D eigenvalue weighted by Gasteiger charge is 2.20. The van der Waals surface area contributed by atoms with E-state index in [4.69, 9.17) is 0 Å². The lowest BCUT2D eigenvalue weighted by Crippen LogP contribution is -2.32. The van der Waals surface area contributed by atoms with Crippen molar-refractivity contribution in [2.45, 2.75) is 0 Å². The molecule has 3 aromatic rings. The van der Waals surface area contributed by atoms with Crippen molar-refractivity contribution >= 4 is 28.4 Å². The van der Waals surface area contributed by atoms with Gasteiger partial charge in [0, 0.05) is 23.7 Å². The van der Waals surface area contributed by atoms with Crippen LogP contribution in [0.1, 0.15) is 15.9 Å². The van der Waals surface area contributed by atoms with Crippen LogP contribution >= 0.6 is 0 Å². The summed E-state index contributed by atoms with van der Waals surface area (Å²) in [6, 6.07) is 17.6. The molecule has 23 heavy (non-hydrogen) atoms. The van der Waals surface area contributed by atoms with Crippen molar-refractivity contribution in [3.8, 4) is 0 Å². The van der Waals surface area contributed by atoms with Gasteiger partial charge in [0.25, 0.3) is 0 Å². The summed E-state index contributed by atoms with van der Waals surface area (Å²) in [6.07, 6.45) is 6.00. The monoisotopic (exact) mass is 300 g/mol. The number of hydrogen-bond donors (Lipinski definition) is 0. The molecule has 0 radical (unpaired) electrons. The first-order valence-electron chi connectivity index (χ1n) is 7.70. The summed E-state index contributed by atoms with van der Waals surface area (Å²) in [6.45, 7) is 1.08. The number of anilines is 1. The third-order valence-corrected chi connectivity index (χ3v) is 4.15. The van der Waals surface area contributed by atoms with Crippen molar-refractivity contribution in [3.63, 3.8) is 0 Å². The summed E-state index contributed by atoms with van der Waals surface area (Å²) in [4.78, 5) is 19.2. The van der Waals surface area contributed by atoms with E-state index in [0.29, 0.717) is 6.54 Å². The highest BCUT2D eigenvalue weighted by Crippen LogP contribution is 2.32. The third-order valence-electron chi connectivity index (χ3n) is 4.15. The maximum absolute atomic E-state index is 12.6. The molecule has 4 rings (SSSR count). The Balaban J connectivity index is 1.74. The van der Waals surface area contributed by atoms with E-state index >= 15 is 0 Å². The van der Waals surface area contributed by atoms with Crippen molar-refractivity contribution in [2.75, 3.05) is 18.0 Å². The van der Waals surface area contributed by atoms with E-state index in [-0.39, 0.29) is 5.78 Å². The molecule has 0 aliphatic carbocycles. The summed E-state index contributed by atoms with van der Waals surface area (Å²) < 4.78 is 0. The van der Waals surface area contributed by atoms with E-state index in [1.165, 1.54) is 0 Å². The van der Waals surface area contributed by atoms with Crippen LogP contribution in [0.15, 0.2) is 66.9 Å². The molecule has 0 unspecified atom stereocenters. The molecule has 2 heterocycles. The van der Waals surface area contributed by atoms with Gasteiger partial charge in [-0.1, -0.05) is 60.7 Å². The molecule has 3 nitrogen and oxygen atoms in total. The third kappa shape index (κ3) is 2.50. The molecule has 0 atom stereocenters. The van der Waals surface area contributed by atoms with Crippen molar-refractivity contribution in [1.29, 1.82) is 0 Å². The summed E-state index contributed by atoms with van der Waals surface area (Å²) in [7, 11) is 0. The fourth-order valence-corrected chi connectivity index (χ4v) is 3.04. The summed E-state index contributed by atoms with van der Waals surface area (Å²) >= 11 is 0. The summed E-state index contributed by atoms with van der Waals surface area (Å²) in [5, 5.41) is 1.10. The molecular weight excluding hydrogens is 284 g/mol. The molecule has 0 saturated carbocycles. The van der Waals surface area contributed by atoms with E-state index in [0.717, 1.165) is 34.3 Å². The number of carbonyl (C=O) groups excluding carboxylic acids is 1. The minimum atomic E-state index is 0.125. The maximum atomic E-state index is 12.6. The molecule has 0 saturated heterocycles. The average Bonchev–Trinajstić information content (AvgIpc) is 2.62. The van der Waals surface area contributed by atoms with Crippen LogP contribution in [0.3, 0.4) is 0 Å². The molecule has 3 heteroatoms. The second-order valence-electron chi connectivity index (χ2n) is 5.65. The van der Waals surface area contributed by atoms with Crippen LogP contribution in [0, 0.1) is 0 Å². The Hall–Kier alpha value is -2.94. The van der Waals surface area contributed by atoms with Gasteiger partial charge in [-0.05, 0) is 11.6 Å². The Kier molecular flexibility index (Phi) is 3.39. The second kappa shape index (κ2) is 5.69. The van der Waals surface area contributed by atoms with Crippen LogP contribution in [0.5, 0.6) is 0 Å². The molecule has 1 aliphatic heterocycles. The van der Waals surface area contributed by atoms with Gasteiger partial charge in [-0.25, -0.2) is 0 Å². The number of pyridine rings is 1. The molecule has 0 amide bonds. The van der Waals surface area contributed by atoms with Crippen molar-refractivity contribution in [1.82, 2.24) is 4.98 Å². The first-order valence-corrected chi connectivity index (χ1v) is 7.70. The zero-order valence-electron chi connectivity index (χ0n) is 12.6. The summed E-state index contributed by atoms with van der Waals surface area (Å²) in [5.41, 5.74) is 3.87. The fraction of sp³-hybridized carbons (Fsp3) is 0.100. The zero-order valence-corrected chi connectivity index (χ0v) is 12.6. The number of benzene rings is 2. The lowest BCUT2D eigenvalue weighted by molar-refractivity contribution is 0.0999. The molecule has 2 aromatic carbocycles. The largest absolute Gasteiger partial charge is 0.358 e. The molecular formula is C20H16N2O. The van der Waals surface area contributed by atoms with E-state index in [1.807, 2.05) is 36.4 Å². The lowest BCUT2D eigenvalue weighted by Gasteiger charge is -2.28. The van der Waals surface area contributed by atoms with Gasteiger partial charge >= 0.3 is 0 Å². The van der Waals surface area contributed by atoms with Crippen molar-refractivity contribution in [2.24, 2.45) is 0 Å². The van der Waals surface area contributed by atoms with Crippen LogP contribution in [0.2, 0.25) is 0 Å². The van der Waals surface area contributed by atoms with Crippen molar-refractivity contribution in [3.05, 3.63) is 78.0 Å². The Bertz CT molecular complexity index is 900. The van der Waals surface area contributed by atoms with Gasteiger partial charge in [-0.2, -0.15) is 0 Å². The first kappa shape index (κ1) is 13.7. The van der Waals surface area contributed by atoms with E-state index < -0.39 is 0 Å². The molecule has 0 spiro atoms. The zero-order chi connectivity index (χ0) is 15.6. The Morgan fingerprint density at radius 3 is 2.78 bits per heavy atom. The van der Waals surface area contributed by atoms with Gasteiger partial charge in [-0.15, -0.1) is 0 Å². The normalized spacial score (nSPS) is 13.1. The predicted octanol–water partition coefficient (Wildman–Crippen LogP) is 3.95. The Morgan fingerprint density at radius 2 is 1.91 bits per heavy atom. The highest BCUT2D eigenvalue weighted by atomic mass is 16.1. The standard InChI is InChI=1S/C20H16N2O/c23-18(15-6-2-1-3-7-15)14-22-13-5-9-17-11-10-16-8-4-12-21-19(16)20(17)22/h1-12H,13-14H2. The Labute approximate surface area is 134 Å². The Morgan fingerprint density at radius 1 is 1.04 bits per heavy atom. The van der Waals surface area contributed by atoms with Gasteiger partial charge in [0.2, 0.25) is 0 Å². The maximum Gasteiger partial charge on any atom is 0.182 e. The molecule has 112 valence electrons. The lowest BCUT2D eigenvalue weighted by atomic mass is 10.0. The first-order chi connectivity index (χ1) is 11.3. The number of rotatable bonds is 3. The number of nitrogens with zero attached hydrogens (tertiary/aromatic N) is 2. The van der Waals surface area contributed by atoms with Gasteiger partial charge < -0.3 is 4.90 Å². The quantitative estimate of drug-likeness (QED) is 0.687. The number of hydrogen-bond acceptors (Lipinski definition) is 3. The van der Waals surface area contributed by atoms with E-state index in [9.17, 15) is 4.79 Å². The average molecular weight is 300 g/mol. The molecule has 0 N–H and O–H groups in total. The number of fused-ring (bicyclic) bond motifs is 3. The minimum absolute atomic E-state index is 0.125. The van der Waals surface area contributed by atoms with Gasteiger partial charge in [-0.3, -0.25) is 9.78 Å². The number of ketones is 1. The fourth-order valence-electron chi connectivity index (χ4n) is 3.04. The van der Waals surface area contributed by atoms with Crippen molar-refractivity contribution < 1.29 is 4.79 Å². The molecule has 0 fully saturated rings. The molecule has 1 aliphatic rings.